The van der Waals surface area contributed by atoms with Crippen LogP contribution < -0.4 is 10.6 Å². The lowest BCUT2D eigenvalue weighted by atomic mass is 9.68. The van der Waals surface area contributed by atoms with E-state index in [-0.39, 0.29) is 23.7 Å². The fraction of sp³-hybridized carbons (Fsp3) is 0.923. The number of halogens is 1. The molecule has 5 nitrogen and oxygen atoms in total. The molecule has 112 valence electrons. The molecule has 0 atom stereocenters. The lowest BCUT2D eigenvalue weighted by molar-refractivity contribution is -0.140. The number of methoxy groups -OCH3 is 1. The Balaban J connectivity index is 0.00000180. The van der Waals surface area contributed by atoms with Gasteiger partial charge in [0.25, 0.3) is 0 Å². The van der Waals surface area contributed by atoms with Gasteiger partial charge in [-0.25, -0.2) is 0 Å². The monoisotopic (exact) mass is 291 g/mol. The number of hydrogen-bond acceptors (Lipinski definition) is 4. The first-order chi connectivity index (χ1) is 8.77. The molecule has 19 heavy (non-hydrogen) atoms. The van der Waals surface area contributed by atoms with E-state index in [0.717, 1.165) is 58.5 Å². The molecule has 0 unspecified atom stereocenters. The van der Waals surface area contributed by atoms with Gasteiger partial charge in [-0.15, -0.1) is 12.4 Å². The largest absolute Gasteiger partial charge is 0.384 e. The van der Waals surface area contributed by atoms with Crippen molar-refractivity contribution in [2.75, 3.05) is 53.0 Å². The maximum absolute atomic E-state index is 12.2. The Morgan fingerprint density at radius 3 is 2.58 bits per heavy atom. The second kappa shape index (κ2) is 8.04. The van der Waals surface area contributed by atoms with Gasteiger partial charge in [0.05, 0.1) is 12.0 Å². The summed E-state index contributed by atoms with van der Waals surface area (Å²) in [7, 11) is 1.67. The molecule has 1 aliphatic heterocycles. The van der Waals surface area contributed by atoms with Crippen molar-refractivity contribution in [1.82, 2.24) is 15.5 Å². The van der Waals surface area contributed by atoms with Gasteiger partial charge in [-0.05, 0) is 12.8 Å². The number of carbonyl (C=O) groups excluding carboxylic acids is 1. The van der Waals surface area contributed by atoms with Crippen LogP contribution >= 0.6 is 12.4 Å². The molecular weight excluding hydrogens is 266 g/mol. The molecule has 0 radical (unpaired) electrons. The van der Waals surface area contributed by atoms with Crippen molar-refractivity contribution in [1.29, 1.82) is 0 Å². The van der Waals surface area contributed by atoms with Gasteiger partial charge < -0.3 is 15.4 Å². The molecule has 1 saturated heterocycles. The third-order valence-electron chi connectivity index (χ3n) is 4.14. The van der Waals surface area contributed by atoms with Crippen molar-refractivity contribution in [3.05, 3.63) is 0 Å². The van der Waals surface area contributed by atoms with E-state index in [0.29, 0.717) is 6.61 Å². The van der Waals surface area contributed by atoms with E-state index in [2.05, 4.69) is 15.5 Å². The van der Waals surface area contributed by atoms with Crippen LogP contribution in [0.15, 0.2) is 0 Å². The molecule has 0 aromatic carbocycles. The van der Waals surface area contributed by atoms with Gasteiger partial charge in [0.2, 0.25) is 5.91 Å². The molecule has 0 bridgehead atoms. The highest BCUT2D eigenvalue weighted by Crippen LogP contribution is 2.41. The van der Waals surface area contributed by atoms with Crippen molar-refractivity contribution in [2.24, 2.45) is 5.41 Å². The molecule has 0 spiro atoms. The highest BCUT2D eigenvalue weighted by atomic mass is 35.5. The summed E-state index contributed by atoms with van der Waals surface area (Å²) in [6, 6.07) is 0. The van der Waals surface area contributed by atoms with Crippen LogP contribution in [0.5, 0.6) is 0 Å². The van der Waals surface area contributed by atoms with Gasteiger partial charge in [-0.2, -0.15) is 0 Å². The summed E-state index contributed by atoms with van der Waals surface area (Å²) in [6.45, 7) is 6.55. The molecule has 2 aliphatic rings. The van der Waals surface area contributed by atoms with Crippen LogP contribution in [0.4, 0.5) is 0 Å². The fourth-order valence-electron chi connectivity index (χ4n) is 2.77. The SMILES string of the molecule is COCC1(C(=O)NCCN2CCNCC2)CCC1.Cl. The number of carbonyl (C=O) groups is 1. The van der Waals surface area contributed by atoms with Crippen LogP contribution in [0.3, 0.4) is 0 Å². The van der Waals surface area contributed by atoms with E-state index >= 15 is 0 Å². The molecular formula is C13H26ClN3O2. The van der Waals surface area contributed by atoms with E-state index in [4.69, 9.17) is 4.74 Å². The van der Waals surface area contributed by atoms with Crippen molar-refractivity contribution < 1.29 is 9.53 Å². The molecule has 1 saturated carbocycles. The minimum Gasteiger partial charge on any atom is -0.384 e. The molecule has 2 fully saturated rings. The zero-order chi connectivity index (χ0) is 12.8. The van der Waals surface area contributed by atoms with E-state index in [1.807, 2.05) is 0 Å². The molecule has 0 aromatic rings. The Morgan fingerprint density at radius 2 is 2.05 bits per heavy atom. The van der Waals surface area contributed by atoms with Gasteiger partial charge in [0, 0.05) is 46.4 Å². The molecule has 2 N–H and O–H groups in total. The van der Waals surface area contributed by atoms with Crippen molar-refractivity contribution in [3.63, 3.8) is 0 Å². The molecule has 2 rings (SSSR count). The van der Waals surface area contributed by atoms with Crippen molar-refractivity contribution in [3.8, 4) is 0 Å². The molecule has 1 aliphatic carbocycles. The fourth-order valence-corrected chi connectivity index (χ4v) is 2.77. The smallest absolute Gasteiger partial charge is 0.228 e. The first kappa shape index (κ1) is 16.7. The third-order valence-corrected chi connectivity index (χ3v) is 4.14. The highest BCUT2D eigenvalue weighted by Gasteiger charge is 2.43. The predicted molar refractivity (Wildman–Crippen MR) is 77.7 cm³/mol. The Morgan fingerprint density at radius 1 is 1.37 bits per heavy atom. The van der Waals surface area contributed by atoms with Crippen LogP contribution in [-0.4, -0.2) is 63.8 Å². The second-order valence-corrected chi connectivity index (χ2v) is 5.41. The number of nitrogens with zero attached hydrogens (tertiary/aromatic N) is 1. The molecule has 1 heterocycles. The normalized spacial score (nSPS) is 22.2. The first-order valence-corrected chi connectivity index (χ1v) is 6.97. The number of rotatable bonds is 6. The van der Waals surface area contributed by atoms with E-state index in [1.165, 1.54) is 0 Å². The minimum atomic E-state index is -0.224. The second-order valence-electron chi connectivity index (χ2n) is 5.41. The van der Waals surface area contributed by atoms with Crippen LogP contribution in [0.25, 0.3) is 0 Å². The van der Waals surface area contributed by atoms with Gasteiger partial charge in [-0.3, -0.25) is 9.69 Å². The first-order valence-electron chi connectivity index (χ1n) is 6.97. The molecule has 1 amide bonds. The molecule has 0 aromatic heterocycles. The summed E-state index contributed by atoms with van der Waals surface area (Å²) in [5, 5.41) is 6.40. The maximum atomic E-state index is 12.2. The number of piperazine rings is 1. The predicted octanol–water partition coefficient (Wildman–Crippen LogP) is 0.246. The van der Waals surface area contributed by atoms with E-state index in [9.17, 15) is 4.79 Å². The Labute approximate surface area is 121 Å². The summed E-state index contributed by atoms with van der Waals surface area (Å²) < 4.78 is 5.19. The lowest BCUT2D eigenvalue weighted by Crippen LogP contribution is -2.51. The summed E-state index contributed by atoms with van der Waals surface area (Å²) >= 11 is 0. The number of amides is 1. The molecule has 6 heteroatoms. The van der Waals surface area contributed by atoms with Gasteiger partial charge in [0.1, 0.15) is 0 Å². The van der Waals surface area contributed by atoms with E-state index < -0.39 is 0 Å². The van der Waals surface area contributed by atoms with E-state index in [1.54, 1.807) is 7.11 Å². The zero-order valence-electron chi connectivity index (χ0n) is 11.7. The van der Waals surface area contributed by atoms with Gasteiger partial charge in [0.15, 0.2) is 0 Å². The summed E-state index contributed by atoms with van der Waals surface area (Å²) in [6.07, 6.45) is 3.09. The summed E-state index contributed by atoms with van der Waals surface area (Å²) in [5.74, 6) is 0.186. The van der Waals surface area contributed by atoms with Crippen LogP contribution in [0.2, 0.25) is 0 Å². The Hall–Kier alpha value is -0.360. The topological polar surface area (TPSA) is 53.6 Å². The number of ether oxygens (including phenoxy) is 1. The van der Waals surface area contributed by atoms with Crippen molar-refractivity contribution >= 4 is 18.3 Å². The minimum absolute atomic E-state index is 0. The quantitative estimate of drug-likeness (QED) is 0.736. The number of nitrogens with one attached hydrogen (secondary N) is 2. The van der Waals surface area contributed by atoms with Gasteiger partial charge >= 0.3 is 0 Å². The average Bonchev–Trinajstić information content (AvgIpc) is 2.35. The van der Waals surface area contributed by atoms with Gasteiger partial charge in [-0.1, -0.05) is 6.42 Å². The van der Waals surface area contributed by atoms with Crippen molar-refractivity contribution in [2.45, 2.75) is 19.3 Å². The number of hydrogen-bond donors (Lipinski definition) is 2. The van der Waals surface area contributed by atoms with Crippen LogP contribution in [0.1, 0.15) is 19.3 Å². The van der Waals surface area contributed by atoms with Crippen LogP contribution in [0, 0.1) is 5.41 Å². The maximum Gasteiger partial charge on any atom is 0.228 e. The Kier molecular flexibility index (Phi) is 7.07. The summed E-state index contributed by atoms with van der Waals surface area (Å²) in [5.41, 5.74) is -0.224. The average molecular weight is 292 g/mol. The lowest BCUT2D eigenvalue weighted by Gasteiger charge is -2.39. The standard InChI is InChI=1S/C13H25N3O2.ClH/c1-18-11-13(3-2-4-13)12(17)15-7-10-16-8-5-14-6-9-16;/h14H,2-11H2,1H3,(H,15,17);1H. The summed E-state index contributed by atoms with van der Waals surface area (Å²) in [4.78, 5) is 14.5. The zero-order valence-corrected chi connectivity index (χ0v) is 12.6. The highest BCUT2D eigenvalue weighted by molar-refractivity contribution is 5.85. The third kappa shape index (κ3) is 4.31. The Bertz CT molecular complexity index is 279. The van der Waals surface area contributed by atoms with Crippen LogP contribution in [-0.2, 0) is 9.53 Å².